The van der Waals surface area contributed by atoms with Gasteiger partial charge in [0.15, 0.2) is 6.61 Å². The summed E-state index contributed by atoms with van der Waals surface area (Å²) in [6.07, 6.45) is 3.30. The van der Waals surface area contributed by atoms with E-state index in [4.69, 9.17) is 21.1 Å². The minimum Gasteiger partial charge on any atom is -0.494 e. The van der Waals surface area contributed by atoms with Crippen LogP contribution < -0.4 is 19.5 Å². The summed E-state index contributed by atoms with van der Waals surface area (Å²) in [4.78, 5) is 15.9. The molecule has 3 aromatic rings. The molecule has 0 aliphatic carbocycles. The minimum atomic E-state index is -3.86. The van der Waals surface area contributed by atoms with E-state index in [9.17, 15) is 13.2 Å². The Morgan fingerprint density at radius 3 is 2.53 bits per heavy atom. The molecule has 32 heavy (non-hydrogen) atoms. The maximum atomic E-state index is 12.7. The van der Waals surface area contributed by atoms with Crippen molar-refractivity contribution >= 4 is 33.2 Å². The highest BCUT2D eigenvalue weighted by atomic mass is 35.5. The predicted octanol–water partition coefficient (Wildman–Crippen LogP) is 3.63. The van der Waals surface area contributed by atoms with Crippen LogP contribution in [0.5, 0.6) is 11.5 Å². The van der Waals surface area contributed by atoms with Crippen LogP contribution in [0.25, 0.3) is 0 Å². The van der Waals surface area contributed by atoms with Gasteiger partial charge in [0.05, 0.1) is 16.5 Å². The lowest BCUT2D eigenvalue weighted by Crippen LogP contribution is -2.28. The molecule has 168 valence electrons. The number of anilines is 1. The summed E-state index contributed by atoms with van der Waals surface area (Å²) in [7, 11) is -3.86. The van der Waals surface area contributed by atoms with E-state index in [2.05, 4.69) is 15.0 Å². The summed E-state index contributed by atoms with van der Waals surface area (Å²) < 4.78 is 38.5. The quantitative estimate of drug-likeness (QED) is 0.463. The van der Waals surface area contributed by atoms with Crippen LogP contribution in [0.4, 0.5) is 5.69 Å². The van der Waals surface area contributed by atoms with Gasteiger partial charge in [-0.1, -0.05) is 17.7 Å². The van der Waals surface area contributed by atoms with Gasteiger partial charge in [0, 0.05) is 24.6 Å². The largest absolute Gasteiger partial charge is 0.494 e. The maximum Gasteiger partial charge on any atom is 0.261 e. The molecule has 0 atom stereocenters. The summed E-state index contributed by atoms with van der Waals surface area (Å²) in [5, 5.41) is 2.77. The smallest absolute Gasteiger partial charge is 0.261 e. The fourth-order valence-electron chi connectivity index (χ4n) is 2.66. The van der Waals surface area contributed by atoms with E-state index in [0.717, 1.165) is 5.56 Å². The summed E-state index contributed by atoms with van der Waals surface area (Å²) in [6, 6.07) is 14.2. The highest BCUT2D eigenvalue weighted by Crippen LogP contribution is 2.28. The molecule has 0 saturated heterocycles. The number of amides is 1. The van der Waals surface area contributed by atoms with Crippen molar-refractivity contribution in [3.63, 3.8) is 0 Å². The number of rotatable bonds is 10. The third kappa shape index (κ3) is 6.60. The number of halogens is 1. The first-order valence-corrected chi connectivity index (χ1v) is 11.6. The van der Waals surface area contributed by atoms with Crippen LogP contribution in [0.15, 0.2) is 71.9 Å². The van der Waals surface area contributed by atoms with Crippen molar-refractivity contribution < 1.29 is 22.7 Å². The average Bonchev–Trinajstić information content (AvgIpc) is 2.79. The normalized spacial score (nSPS) is 10.9. The van der Waals surface area contributed by atoms with Crippen molar-refractivity contribution in [3.05, 3.63) is 77.6 Å². The molecule has 1 aromatic heterocycles. The number of carbonyl (C=O) groups is 1. The van der Waals surface area contributed by atoms with E-state index in [1.54, 1.807) is 42.7 Å². The zero-order chi connectivity index (χ0) is 23.0. The lowest BCUT2D eigenvalue weighted by atomic mass is 10.3. The standard InChI is InChI=1S/C22H22ClN3O5S/c1-2-30-18-7-5-17(6-8-18)26-32(28,29)19-9-10-21(20(23)12-19)31-15-22(27)25-14-16-4-3-11-24-13-16/h3-13,26H,2,14-15H2,1H3,(H,25,27). The van der Waals surface area contributed by atoms with Crippen molar-refractivity contribution in [1.82, 2.24) is 10.3 Å². The molecule has 0 spiro atoms. The van der Waals surface area contributed by atoms with Gasteiger partial charge in [-0.2, -0.15) is 0 Å². The van der Waals surface area contributed by atoms with Crippen LogP contribution in [0.3, 0.4) is 0 Å². The Labute approximate surface area is 191 Å². The second kappa shape index (κ2) is 10.8. The van der Waals surface area contributed by atoms with E-state index in [1.165, 1.54) is 18.2 Å². The maximum absolute atomic E-state index is 12.7. The Bertz CT molecular complexity index is 1160. The number of ether oxygens (including phenoxy) is 2. The van der Waals surface area contributed by atoms with Crippen molar-refractivity contribution in [3.8, 4) is 11.5 Å². The second-order valence-corrected chi connectivity index (χ2v) is 8.67. The molecule has 0 bridgehead atoms. The Kier molecular flexibility index (Phi) is 7.91. The zero-order valence-electron chi connectivity index (χ0n) is 17.2. The molecule has 10 heteroatoms. The van der Waals surface area contributed by atoms with Crippen molar-refractivity contribution in [1.29, 1.82) is 0 Å². The van der Waals surface area contributed by atoms with Gasteiger partial charge in [-0.25, -0.2) is 8.42 Å². The third-order valence-electron chi connectivity index (χ3n) is 4.20. The first-order valence-electron chi connectivity index (χ1n) is 9.71. The Balaban J connectivity index is 1.58. The predicted molar refractivity (Wildman–Crippen MR) is 121 cm³/mol. The minimum absolute atomic E-state index is 0.0373. The van der Waals surface area contributed by atoms with Crippen molar-refractivity contribution in [2.75, 3.05) is 17.9 Å². The molecule has 0 fully saturated rings. The number of nitrogens with zero attached hydrogens (tertiary/aromatic N) is 1. The molecule has 0 aliphatic rings. The van der Waals surface area contributed by atoms with Gasteiger partial charge in [-0.05, 0) is 61.0 Å². The number of nitrogens with one attached hydrogen (secondary N) is 2. The molecular weight excluding hydrogens is 454 g/mol. The highest BCUT2D eigenvalue weighted by molar-refractivity contribution is 7.92. The number of carbonyl (C=O) groups excluding carboxylic acids is 1. The Morgan fingerprint density at radius 2 is 1.88 bits per heavy atom. The second-order valence-electron chi connectivity index (χ2n) is 6.58. The summed E-state index contributed by atoms with van der Waals surface area (Å²) in [5.41, 5.74) is 1.24. The summed E-state index contributed by atoms with van der Waals surface area (Å²) >= 11 is 6.18. The molecule has 8 nitrogen and oxygen atoms in total. The fraction of sp³-hybridized carbons (Fsp3) is 0.182. The van der Waals surface area contributed by atoms with Gasteiger partial charge in [0.1, 0.15) is 11.5 Å². The molecule has 1 heterocycles. The number of aromatic nitrogens is 1. The van der Waals surface area contributed by atoms with Crippen LogP contribution in [-0.2, 0) is 21.4 Å². The third-order valence-corrected chi connectivity index (χ3v) is 5.88. The first kappa shape index (κ1) is 23.4. The van der Waals surface area contributed by atoms with Gasteiger partial charge in [0.2, 0.25) is 0 Å². The molecule has 2 N–H and O–H groups in total. The SMILES string of the molecule is CCOc1ccc(NS(=O)(=O)c2ccc(OCC(=O)NCc3cccnc3)c(Cl)c2)cc1. The molecular formula is C22H22ClN3O5S. The van der Waals surface area contributed by atoms with Gasteiger partial charge in [0.25, 0.3) is 15.9 Å². The number of hydrogen-bond acceptors (Lipinski definition) is 6. The summed E-state index contributed by atoms with van der Waals surface area (Å²) in [6.45, 7) is 2.43. The molecule has 0 saturated carbocycles. The molecule has 1 amide bonds. The van der Waals surface area contributed by atoms with E-state index in [0.29, 0.717) is 24.6 Å². The molecule has 0 unspecified atom stereocenters. The lowest BCUT2D eigenvalue weighted by molar-refractivity contribution is -0.123. The zero-order valence-corrected chi connectivity index (χ0v) is 18.8. The number of pyridine rings is 1. The van der Waals surface area contributed by atoms with Crippen LogP contribution in [0, 0.1) is 0 Å². The van der Waals surface area contributed by atoms with Gasteiger partial charge in [-0.15, -0.1) is 0 Å². The van der Waals surface area contributed by atoms with Gasteiger partial charge in [-0.3, -0.25) is 14.5 Å². The number of sulfonamides is 1. The Morgan fingerprint density at radius 1 is 1.09 bits per heavy atom. The monoisotopic (exact) mass is 475 g/mol. The van der Waals surface area contributed by atoms with Gasteiger partial charge >= 0.3 is 0 Å². The first-order chi connectivity index (χ1) is 15.4. The van der Waals surface area contributed by atoms with E-state index in [1.807, 2.05) is 13.0 Å². The molecule has 0 radical (unpaired) electrons. The van der Waals surface area contributed by atoms with Crippen molar-refractivity contribution in [2.24, 2.45) is 0 Å². The topological polar surface area (TPSA) is 107 Å². The van der Waals surface area contributed by atoms with Gasteiger partial charge < -0.3 is 14.8 Å². The average molecular weight is 476 g/mol. The number of benzene rings is 2. The highest BCUT2D eigenvalue weighted by Gasteiger charge is 2.17. The van der Waals surface area contributed by atoms with E-state index < -0.39 is 10.0 Å². The van der Waals surface area contributed by atoms with E-state index in [-0.39, 0.29) is 28.2 Å². The van der Waals surface area contributed by atoms with Crippen LogP contribution >= 0.6 is 11.6 Å². The Hall–Kier alpha value is -3.30. The number of hydrogen-bond donors (Lipinski definition) is 2. The van der Waals surface area contributed by atoms with E-state index >= 15 is 0 Å². The van der Waals surface area contributed by atoms with Crippen LogP contribution in [0.1, 0.15) is 12.5 Å². The molecule has 0 aliphatic heterocycles. The molecule has 2 aromatic carbocycles. The lowest BCUT2D eigenvalue weighted by Gasteiger charge is -2.12. The van der Waals surface area contributed by atoms with Crippen LogP contribution in [-0.4, -0.2) is 32.5 Å². The van der Waals surface area contributed by atoms with Crippen molar-refractivity contribution in [2.45, 2.75) is 18.4 Å². The summed E-state index contributed by atoms with van der Waals surface area (Å²) in [5.74, 6) is 0.492. The molecule has 3 rings (SSSR count). The van der Waals surface area contributed by atoms with Crippen LogP contribution in [0.2, 0.25) is 5.02 Å². The fourth-order valence-corrected chi connectivity index (χ4v) is 4.05.